The Morgan fingerprint density at radius 3 is 2.21 bits per heavy atom. The van der Waals surface area contributed by atoms with Gasteiger partial charge in [-0.05, 0) is 48.0 Å². The highest BCUT2D eigenvalue weighted by Crippen LogP contribution is 2.33. The standard InChI is InChI=1S/C24H14F4N4O2/c25-15-7-13(9-29-10-15)12-1-6-18-17(8-12)19(11-30-18)32-21-20(22(33)23(21)34)31-16-4-2-14(3-5-16)24(26,27)28/h1-11,30-32H. The summed E-state index contributed by atoms with van der Waals surface area (Å²) < 4.78 is 51.9. The largest absolute Gasteiger partial charge is 0.416 e. The third-order valence-electron chi connectivity index (χ3n) is 5.37. The van der Waals surface area contributed by atoms with Gasteiger partial charge in [0.25, 0.3) is 10.9 Å². The molecule has 0 bridgehead atoms. The number of aromatic amines is 1. The van der Waals surface area contributed by atoms with Crippen molar-refractivity contribution < 1.29 is 17.6 Å². The topological polar surface area (TPSA) is 86.9 Å². The zero-order chi connectivity index (χ0) is 24.0. The summed E-state index contributed by atoms with van der Waals surface area (Å²) in [6.45, 7) is 0. The average molecular weight is 466 g/mol. The summed E-state index contributed by atoms with van der Waals surface area (Å²) in [6.07, 6.45) is -0.255. The number of rotatable bonds is 5. The Kier molecular flexibility index (Phi) is 4.93. The smallest absolute Gasteiger partial charge is 0.359 e. The van der Waals surface area contributed by atoms with Gasteiger partial charge >= 0.3 is 6.18 Å². The van der Waals surface area contributed by atoms with Crippen LogP contribution in [-0.2, 0) is 6.18 Å². The molecular formula is C24H14F4N4O2. The molecule has 0 aliphatic carbocycles. The van der Waals surface area contributed by atoms with E-state index in [4.69, 9.17) is 0 Å². The first-order valence-electron chi connectivity index (χ1n) is 9.97. The van der Waals surface area contributed by atoms with Crippen LogP contribution in [0.5, 0.6) is 0 Å². The molecule has 2 aromatic heterocycles. The Morgan fingerprint density at radius 1 is 0.824 bits per heavy atom. The number of anilines is 4. The van der Waals surface area contributed by atoms with Gasteiger partial charge in [0.15, 0.2) is 0 Å². The number of benzene rings is 2. The number of H-pyrrole nitrogens is 1. The Hall–Kier alpha value is -4.47. The van der Waals surface area contributed by atoms with Gasteiger partial charge in [0.2, 0.25) is 0 Å². The van der Waals surface area contributed by atoms with E-state index in [1.807, 2.05) is 0 Å². The molecule has 0 saturated heterocycles. The molecular weight excluding hydrogens is 452 g/mol. The van der Waals surface area contributed by atoms with Gasteiger partial charge in [-0.1, -0.05) is 6.07 Å². The molecule has 0 unspecified atom stereocenters. The van der Waals surface area contributed by atoms with E-state index in [2.05, 4.69) is 20.6 Å². The number of fused-ring (bicyclic) bond motifs is 1. The van der Waals surface area contributed by atoms with Crippen LogP contribution in [0.15, 0.2) is 76.7 Å². The Morgan fingerprint density at radius 2 is 1.53 bits per heavy atom. The number of pyridine rings is 1. The molecule has 2 heterocycles. The van der Waals surface area contributed by atoms with Gasteiger partial charge in [0.05, 0.1) is 17.4 Å². The quantitative estimate of drug-likeness (QED) is 0.236. The number of nitrogens with one attached hydrogen (secondary N) is 3. The Bertz CT molecular complexity index is 1600. The molecule has 3 aromatic carbocycles. The minimum atomic E-state index is -4.48. The normalized spacial score (nSPS) is 11.8. The van der Waals surface area contributed by atoms with E-state index in [1.54, 1.807) is 24.4 Å². The Balaban J connectivity index is 1.45. The maximum absolute atomic E-state index is 13.6. The van der Waals surface area contributed by atoms with E-state index < -0.39 is 28.4 Å². The highest BCUT2D eigenvalue weighted by Gasteiger charge is 2.30. The number of nitrogens with zero attached hydrogens (tertiary/aromatic N) is 1. The summed E-state index contributed by atoms with van der Waals surface area (Å²) in [5, 5.41) is 6.31. The second kappa shape index (κ2) is 7.84. The molecule has 0 radical (unpaired) electrons. The maximum atomic E-state index is 13.6. The fourth-order valence-corrected chi connectivity index (χ4v) is 3.63. The zero-order valence-electron chi connectivity index (χ0n) is 17.1. The van der Waals surface area contributed by atoms with Crippen LogP contribution in [0.4, 0.5) is 40.3 Å². The van der Waals surface area contributed by atoms with Crippen molar-refractivity contribution in [3.8, 4) is 11.1 Å². The number of hydrogen-bond donors (Lipinski definition) is 3. The van der Waals surface area contributed by atoms with Crippen molar-refractivity contribution in [2.24, 2.45) is 0 Å². The van der Waals surface area contributed by atoms with Crippen LogP contribution in [0.3, 0.4) is 0 Å². The van der Waals surface area contributed by atoms with Crippen molar-refractivity contribution in [2.75, 3.05) is 10.6 Å². The molecule has 34 heavy (non-hydrogen) atoms. The lowest BCUT2D eigenvalue weighted by Crippen LogP contribution is -2.35. The molecule has 3 N–H and O–H groups in total. The molecule has 0 atom stereocenters. The van der Waals surface area contributed by atoms with Crippen LogP contribution in [0.1, 0.15) is 5.56 Å². The summed E-state index contributed by atoms with van der Waals surface area (Å²) in [7, 11) is 0. The molecule has 5 rings (SSSR count). The van der Waals surface area contributed by atoms with E-state index in [-0.39, 0.29) is 17.1 Å². The number of halogens is 4. The fourth-order valence-electron chi connectivity index (χ4n) is 3.63. The minimum absolute atomic E-state index is 0.0105. The van der Waals surface area contributed by atoms with Crippen LogP contribution in [0, 0.1) is 5.82 Å². The van der Waals surface area contributed by atoms with Crippen molar-refractivity contribution in [1.29, 1.82) is 0 Å². The average Bonchev–Trinajstić information content (AvgIpc) is 3.23. The first-order chi connectivity index (χ1) is 16.2. The molecule has 170 valence electrons. The molecule has 0 saturated carbocycles. The van der Waals surface area contributed by atoms with Crippen molar-refractivity contribution in [3.63, 3.8) is 0 Å². The third-order valence-corrected chi connectivity index (χ3v) is 5.37. The molecule has 6 nitrogen and oxygen atoms in total. The van der Waals surface area contributed by atoms with Gasteiger partial charge in [-0.15, -0.1) is 0 Å². The van der Waals surface area contributed by atoms with Crippen molar-refractivity contribution in [3.05, 3.63) is 98.9 Å². The molecule has 0 fully saturated rings. The van der Waals surface area contributed by atoms with Crippen LogP contribution in [-0.4, -0.2) is 9.97 Å². The molecule has 0 spiro atoms. The van der Waals surface area contributed by atoms with E-state index in [1.165, 1.54) is 24.4 Å². The molecule has 5 aromatic rings. The van der Waals surface area contributed by atoms with Crippen molar-refractivity contribution >= 4 is 33.7 Å². The van der Waals surface area contributed by atoms with Gasteiger partial charge < -0.3 is 15.6 Å². The summed E-state index contributed by atoms with van der Waals surface area (Å²) in [6, 6.07) is 10.8. The lowest BCUT2D eigenvalue weighted by Gasteiger charge is -2.15. The van der Waals surface area contributed by atoms with Crippen LogP contribution in [0.25, 0.3) is 22.0 Å². The van der Waals surface area contributed by atoms with Crippen molar-refractivity contribution in [2.45, 2.75) is 6.18 Å². The van der Waals surface area contributed by atoms with Crippen LogP contribution >= 0.6 is 0 Å². The predicted octanol–water partition coefficient (Wildman–Crippen LogP) is 5.47. The van der Waals surface area contributed by atoms with E-state index in [0.717, 1.165) is 23.8 Å². The van der Waals surface area contributed by atoms with Crippen molar-refractivity contribution in [1.82, 2.24) is 9.97 Å². The number of aromatic nitrogens is 2. The summed E-state index contributed by atoms with van der Waals surface area (Å²) in [4.78, 5) is 31.2. The lowest BCUT2D eigenvalue weighted by molar-refractivity contribution is -0.137. The Labute approximate surface area is 188 Å². The maximum Gasteiger partial charge on any atom is 0.416 e. The van der Waals surface area contributed by atoms with E-state index in [9.17, 15) is 27.2 Å². The summed E-state index contributed by atoms with van der Waals surface area (Å²) >= 11 is 0. The van der Waals surface area contributed by atoms with Gasteiger partial charge in [0, 0.05) is 34.5 Å². The van der Waals surface area contributed by atoms with Crippen LogP contribution in [0.2, 0.25) is 0 Å². The highest BCUT2D eigenvalue weighted by atomic mass is 19.4. The summed E-state index contributed by atoms with van der Waals surface area (Å²) in [5.41, 5.74) is 0.266. The fraction of sp³-hybridized carbons (Fsp3) is 0.0417. The minimum Gasteiger partial charge on any atom is -0.359 e. The molecule has 10 heteroatoms. The van der Waals surface area contributed by atoms with Gasteiger partial charge in [-0.3, -0.25) is 14.6 Å². The van der Waals surface area contributed by atoms with Crippen LogP contribution < -0.4 is 21.5 Å². The second-order valence-corrected chi connectivity index (χ2v) is 7.59. The predicted molar refractivity (Wildman–Crippen MR) is 121 cm³/mol. The molecule has 0 amide bonds. The monoisotopic (exact) mass is 466 g/mol. The zero-order valence-corrected chi connectivity index (χ0v) is 17.1. The summed E-state index contributed by atoms with van der Waals surface area (Å²) in [5.74, 6) is -0.479. The third kappa shape index (κ3) is 3.79. The van der Waals surface area contributed by atoms with Gasteiger partial charge in [0.1, 0.15) is 17.2 Å². The highest BCUT2D eigenvalue weighted by molar-refractivity contribution is 5.98. The van der Waals surface area contributed by atoms with E-state index >= 15 is 0 Å². The first kappa shape index (κ1) is 21.4. The molecule has 0 aliphatic rings. The van der Waals surface area contributed by atoms with E-state index in [0.29, 0.717) is 22.2 Å². The lowest BCUT2D eigenvalue weighted by atomic mass is 10.0. The number of alkyl halides is 3. The number of hydrogen-bond acceptors (Lipinski definition) is 5. The van der Waals surface area contributed by atoms with Gasteiger partial charge in [-0.25, -0.2) is 4.39 Å². The first-order valence-corrected chi connectivity index (χ1v) is 9.97. The SMILES string of the molecule is O=c1c(Nc2ccc(C(F)(F)F)cc2)c(Nc2c[nH]c3ccc(-c4cncc(F)c4)cc23)c1=O. The molecule has 0 aliphatic heterocycles. The second-order valence-electron chi connectivity index (χ2n) is 7.59. The van der Waals surface area contributed by atoms with Gasteiger partial charge in [-0.2, -0.15) is 13.2 Å².